The number of esters is 1. The fourth-order valence-corrected chi connectivity index (χ4v) is 2.28. The first-order valence-electron chi connectivity index (χ1n) is 7.73. The molecule has 25 heavy (non-hydrogen) atoms. The van der Waals surface area contributed by atoms with Gasteiger partial charge in [0.05, 0.1) is 12.7 Å². The van der Waals surface area contributed by atoms with Gasteiger partial charge in [0.2, 0.25) is 11.8 Å². The molecule has 0 unspecified atom stereocenters. The third-order valence-corrected chi connectivity index (χ3v) is 3.60. The summed E-state index contributed by atoms with van der Waals surface area (Å²) in [5.74, 6) is -1.14. The van der Waals surface area contributed by atoms with E-state index in [1.807, 2.05) is 19.1 Å². The van der Waals surface area contributed by atoms with Crippen molar-refractivity contribution in [3.63, 3.8) is 0 Å². The van der Waals surface area contributed by atoms with Gasteiger partial charge in [-0.3, -0.25) is 9.59 Å². The van der Waals surface area contributed by atoms with E-state index in [-0.39, 0.29) is 18.4 Å². The van der Waals surface area contributed by atoms with Gasteiger partial charge in [0.25, 0.3) is 0 Å². The van der Waals surface area contributed by atoms with Crippen LogP contribution in [-0.4, -0.2) is 31.4 Å². The van der Waals surface area contributed by atoms with Crippen LogP contribution in [0.4, 0.5) is 11.4 Å². The van der Waals surface area contributed by atoms with Crippen LogP contribution in [-0.2, 0) is 14.3 Å². The van der Waals surface area contributed by atoms with E-state index in [1.165, 1.54) is 25.0 Å². The van der Waals surface area contributed by atoms with Gasteiger partial charge in [0.1, 0.15) is 6.54 Å². The molecule has 0 fully saturated rings. The molecule has 1 N–H and O–H groups in total. The molecule has 130 valence electrons. The molecule has 0 heterocycles. The predicted octanol–water partition coefficient (Wildman–Crippen LogP) is 2.77. The Hall–Kier alpha value is -3.15. The first kappa shape index (κ1) is 18.2. The monoisotopic (exact) mass is 340 g/mol. The van der Waals surface area contributed by atoms with Crippen LogP contribution in [0.3, 0.4) is 0 Å². The molecule has 0 saturated carbocycles. The zero-order chi connectivity index (χ0) is 18.4. The third-order valence-electron chi connectivity index (χ3n) is 3.60. The highest BCUT2D eigenvalue weighted by Crippen LogP contribution is 2.18. The van der Waals surface area contributed by atoms with Crippen molar-refractivity contribution < 1.29 is 19.1 Å². The highest BCUT2D eigenvalue weighted by molar-refractivity contribution is 6.02. The molecule has 0 aliphatic rings. The molecular formula is C19H20N2O4. The summed E-state index contributed by atoms with van der Waals surface area (Å²) in [4.78, 5) is 37.2. The molecule has 6 heteroatoms. The molecule has 0 radical (unpaired) electrons. The summed E-state index contributed by atoms with van der Waals surface area (Å²) in [6.07, 6.45) is 0. The van der Waals surface area contributed by atoms with E-state index in [2.05, 4.69) is 10.1 Å². The van der Waals surface area contributed by atoms with Crippen LogP contribution in [0.2, 0.25) is 0 Å². The smallest absolute Gasteiger partial charge is 0.337 e. The van der Waals surface area contributed by atoms with Crippen LogP contribution >= 0.6 is 0 Å². The highest BCUT2D eigenvalue weighted by atomic mass is 16.5. The maximum atomic E-state index is 12.3. The highest BCUT2D eigenvalue weighted by Gasteiger charge is 2.17. The standard InChI is InChI=1S/C19H20N2O4/c1-13-7-9-16(10-8-13)20-18(23)12-21(14(2)22)17-6-4-5-15(11-17)19(24)25-3/h4-11H,12H2,1-3H3,(H,20,23). The number of ether oxygens (including phenoxy) is 1. The molecular weight excluding hydrogens is 320 g/mol. The number of methoxy groups -OCH3 is 1. The van der Waals surface area contributed by atoms with Gasteiger partial charge >= 0.3 is 5.97 Å². The van der Waals surface area contributed by atoms with Crippen LogP contribution in [0.15, 0.2) is 48.5 Å². The van der Waals surface area contributed by atoms with Crippen molar-refractivity contribution in [3.05, 3.63) is 59.7 Å². The molecule has 2 aromatic rings. The third kappa shape index (κ3) is 4.91. The Morgan fingerprint density at radius 3 is 2.36 bits per heavy atom. The Bertz CT molecular complexity index is 784. The van der Waals surface area contributed by atoms with Crippen LogP contribution in [0.5, 0.6) is 0 Å². The quantitative estimate of drug-likeness (QED) is 0.849. The second kappa shape index (κ2) is 8.10. The molecule has 0 aliphatic carbocycles. The second-order valence-electron chi connectivity index (χ2n) is 5.56. The van der Waals surface area contributed by atoms with Crippen LogP contribution in [0.1, 0.15) is 22.8 Å². The van der Waals surface area contributed by atoms with Crippen molar-refractivity contribution >= 4 is 29.2 Å². The molecule has 2 rings (SSSR count). The molecule has 0 aromatic heterocycles. The number of anilines is 2. The van der Waals surface area contributed by atoms with E-state index in [9.17, 15) is 14.4 Å². The normalized spacial score (nSPS) is 10.0. The van der Waals surface area contributed by atoms with E-state index in [0.29, 0.717) is 16.9 Å². The fourth-order valence-electron chi connectivity index (χ4n) is 2.28. The minimum atomic E-state index is -0.505. The molecule has 0 atom stereocenters. The lowest BCUT2D eigenvalue weighted by atomic mass is 10.2. The summed E-state index contributed by atoms with van der Waals surface area (Å²) in [7, 11) is 1.28. The van der Waals surface area contributed by atoms with Crippen molar-refractivity contribution in [1.29, 1.82) is 0 Å². The minimum Gasteiger partial charge on any atom is -0.465 e. The van der Waals surface area contributed by atoms with Crippen molar-refractivity contribution in [2.24, 2.45) is 0 Å². The fraction of sp³-hybridized carbons (Fsp3) is 0.211. The number of nitrogens with zero attached hydrogens (tertiary/aromatic N) is 1. The summed E-state index contributed by atoms with van der Waals surface area (Å²) in [6.45, 7) is 3.16. The van der Waals surface area contributed by atoms with Crippen molar-refractivity contribution in [2.45, 2.75) is 13.8 Å². The SMILES string of the molecule is COC(=O)c1cccc(N(CC(=O)Nc2ccc(C)cc2)C(C)=O)c1. The number of rotatable bonds is 5. The van der Waals surface area contributed by atoms with Gasteiger partial charge in [-0.05, 0) is 37.3 Å². The molecule has 2 amide bonds. The topological polar surface area (TPSA) is 75.7 Å². The maximum absolute atomic E-state index is 12.3. The van der Waals surface area contributed by atoms with Crippen molar-refractivity contribution in [2.75, 3.05) is 23.9 Å². The van der Waals surface area contributed by atoms with Gasteiger partial charge in [-0.25, -0.2) is 4.79 Å². The van der Waals surface area contributed by atoms with Gasteiger partial charge < -0.3 is 15.0 Å². The predicted molar refractivity (Wildman–Crippen MR) is 95.6 cm³/mol. The summed E-state index contributed by atoms with van der Waals surface area (Å²) >= 11 is 0. The van der Waals surface area contributed by atoms with Gasteiger partial charge in [0.15, 0.2) is 0 Å². The van der Waals surface area contributed by atoms with Gasteiger partial charge in [0, 0.05) is 18.3 Å². The molecule has 0 bridgehead atoms. The number of benzene rings is 2. The Labute approximate surface area is 146 Å². The Balaban J connectivity index is 2.15. The Morgan fingerprint density at radius 1 is 1.08 bits per heavy atom. The average molecular weight is 340 g/mol. The second-order valence-corrected chi connectivity index (χ2v) is 5.56. The first-order valence-corrected chi connectivity index (χ1v) is 7.73. The lowest BCUT2D eigenvalue weighted by Crippen LogP contribution is -2.36. The van der Waals surface area contributed by atoms with Gasteiger partial charge in [-0.1, -0.05) is 23.8 Å². The lowest BCUT2D eigenvalue weighted by molar-refractivity contribution is -0.120. The van der Waals surface area contributed by atoms with Crippen LogP contribution in [0, 0.1) is 6.92 Å². The van der Waals surface area contributed by atoms with E-state index < -0.39 is 5.97 Å². The molecule has 0 aliphatic heterocycles. The van der Waals surface area contributed by atoms with Crippen molar-refractivity contribution in [1.82, 2.24) is 0 Å². The number of amides is 2. The summed E-state index contributed by atoms with van der Waals surface area (Å²) in [5, 5.41) is 2.75. The van der Waals surface area contributed by atoms with Crippen LogP contribution < -0.4 is 10.2 Å². The Morgan fingerprint density at radius 2 is 1.76 bits per heavy atom. The zero-order valence-electron chi connectivity index (χ0n) is 14.4. The number of hydrogen-bond acceptors (Lipinski definition) is 4. The zero-order valence-corrected chi connectivity index (χ0v) is 14.4. The van der Waals surface area contributed by atoms with Gasteiger partial charge in [-0.2, -0.15) is 0 Å². The molecule has 0 saturated heterocycles. The summed E-state index contributed by atoms with van der Waals surface area (Å²) in [6, 6.07) is 13.8. The van der Waals surface area contributed by atoms with Crippen LogP contribution in [0.25, 0.3) is 0 Å². The molecule has 0 spiro atoms. The van der Waals surface area contributed by atoms with E-state index in [1.54, 1.807) is 30.3 Å². The Kier molecular flexibility index (Phi) is 5.89. The average Bonchev–Trinajstić information content (AvgIpc) is 2.60. The molecule has 2 aromatic carbocycles. The summed E-state index contributed by atoms with van der Waals surface area (Å²) in [5.41, 5.74) is 2.50. The number of carbonyl (C=O) groups excluding carboxylic acids is 3. The maximum Gasteiger partial charge on any atom is 0.337 e. The summed E-state index contributed by atoms with van der Waals surface area (Å²) < 4.78 is 4.68. The number of hydrogen-bond donors (Lipinski definition) is 1. The van der Waals surface area contributed by atoms with Gasteiger partial charge in [-0.15, -0.1) is 0 Å². The number of aryl methyl sites for hydroxylation is 1. The van der Waals surface area contributed by atoms with E-state index in [4.69, 9.17) is 0 Å². The minimum absolute atomic E-state index is 0.159. The van der Waals surface area contributed by atoms with Crippen molar-refractivity contribution in [3.8, 4) is 0 Å². The lowest BCUT2D eigenvalue weighted by Gasteiger charge is -2.21. The van der Waals surface area contributed by atoms with E-state index >= 15 is 0 Å². The van der Waals surface area contributed by atoms with E-state index in [0.717, 1.165) is 5.56 Å². The largest absolute Gasteiger partial charge is 0.465 e. The first-order chi connectivity index (χ1) is 11.9. The number of carbonyl (C=O) groups is 3. The number of nitrogens with one attached hydrogen (secondary N) is 1. The molecule has 6 nitrogen and oxygen atoms in total.